The van der Waals surface area contributed by atoms with E-state index in [1.807, 2.05) is 30.3 Å². The van der Waals surface area contributed by atoms with Crippen LogP contribution in [0, 0.1) is 0 Å². The van der Waals surface area contributed by atoms with Crippen LogP contribution in [0.1, 0.15) is 12.5 Å². The lowest BCUT2D eigenvalue weighted by Gasteiger charge is -2.16. The lowest BCUT2D eigenvalue weighted by Crippen LogP contribution is -2.28. The number of rotatable bonds is 4. The number of nitrogens with two attached hydrogens (primary N) is 1. The van der Waals surface area contributed by atoms with Gasteiger partial charge in [0.1, 0.15) is 5.70 Å². The summed E-state index contributed by atoms with van der Waals surface area (Å²) >= 11 is 0. The Morgan fingerprint density at radius 2 is 2.05 bits per heavy atom. The first kappa shape index (κ1) is 13.1. The van der Waals surface area contributed by atoms with Crippen molar-refractivity contribution in [1.29, 1.82) is 0 Å². The minimum absolute atomic E-state index is 0.00520. The number of hydrogen-bond acceptors (Lipinski definition) is 4. The molecule has 5 heteroatoms. The largest absolute Gasteiger partial charge is 0.463 e. The fourth-order valence-electron chi connectivity index (χ4n) is 1.97. The van der Waals surface area contributed by atoms with E-state index in [1.54, 1.807) is 6.92 Å². The first-order chi connectivity index (χ1) is 9.13. The molecule has 0 aromatic heterocycles. The quantitative estimate of drug-likeness (QED) is 0.813. The highest BCUT2D eigenvalue weighted by atomic mass is 16.5. The number of amides is 1. The maximum absolute atomic E-state index is 12.0. The minimum atomic E-state index is -0.510. The second-order valence-corrected chi connectivity index (χ2v) is 4.26. The Balaban J connectivity index is 2.09. The highest BCUT2D eigenvalue weighted by molar-refractivity contribution is 6.06. The third-order valence-electron chi connectivity index (χ3n) is 2.93. The number of carbonyl (C=O) groups is 2. The molecule has 0 unspecified atom stereocenters. The maximum atomic E-state index is 12.0. The summed E-state index contributed by atoms with van der Waals surface area (Å²) in [4.78, 5) is 25.2. The van der Waals surface area contributed by atoms with E-state index in [1.165, 1.54) is 4.90 Å². The molecule has 0 saturated carbocycles. The minimum Gasteiger partial charge on any atom is -0.463 e. The summed E-state index contributed by atoms with van der Waals surface area (Å²) in [6.07, 6.45) is 0. The smallest absolute Gasteiger partial charge is 0.338 e. The van der Waals surface area contributed by atoms with Crippen molar-refractivity contribution < 1.29 is 14.3 Å². The molecule has 1 aliphatic heterocycles. The second-order valence-electron chi connectivity index (χ2n) is 4.26. The molecule has 0 fully saturated rings. The molecule has 0 aliphatic carbocycles. The summed E-state index contributed by atoms with van der Waals surface area (Å²) < 4.78 is 4.89. The Morgan fingerprint density at radius 1 is 1.37 bits per heavy atom. The van der Waals surface area contributed by atoms with Crippen LogP contribution < -0.4 is 5.73 Å². The number of hydrogen-bond donors (Lipinski definition) is 1. The van der Waals surface area contributed by atoms with Crippen LogP contribution in [0.25, 0.3) is 0 Å². The second kappa shape index (κ2) is 5.56. The SMILES string of the molecule is CCOC(=O)C1=C(N)C(=O)N(Cc2ccccc2)C1. The van der Waals surface area contributed by atoms with E-state index in [-0.39, 0.29) is 30.3 Å². The average Bonchev–Trinajstić information content (AvgIpc) is 2.69. The summed E-state index contributed by atoms with van der Waals surface area (Å²) in [5.74, 6) is -0.823. The van der Waals surface area contributed by atoms with E-state index >= 15 is 0 Å². The van der Waals surface area contributed by atoms with E-state index in [4.69, 9.17) is 10.5 Å². The standard InChI is InChI=1S/C14H16N2O3/c1-2-19-14(18)11-9-16(13(17)12(11)15)8-10-6-4-3-5-7-10/h3-7H,2,8-9,15H2,1H3. The number of nitrogens with zero attached hydrogens (tertiary/aromatic N) is 1. The van der Waals surface area contributed by atoms with E-state index < -0.39 is 5.97 Å². The molecule has 1 aromatic rings. The van der Waals surface area contributed by atoms with Gasteiger partial charge >= 0.3 is 5.97 Å². The Morgan fingerprint density at radius 3 is 2.68 bits per heavy atom. The van der Waals surface area contributed by atoms with E-state index in [0.717, 1.165) is 5.56 Å². The molecule has 0 atom stereocenters. The van der Waals surface area contributed by atoms with E-state index in [2.05, 4.69) is 0 Å². The summed E-state index contributed by atoms with van der Waals surface area (Å²) in [7, 11) is 0. The van der Waals surface area contributed by atoms with Gasteiger partial charge in [-0.3, -0.25) is 4.79 Å². The van der Waals surface area contributed by atoms with Crippen molar-refractivity contribution >= 4 is 11.9 Å². The zero-order valence-corrected chi connectivity index (χ0v) is 10.8. The van der Waals surface area contributed by atoms with Gasteiger partial charge in [-0.05, 0) is 12.5 Å². The summed E-state index contributed by atoms with van der Waals surface area (Å²) in [5.41, 5.74) is 6.93. The zero-order chi connectivity index (χ0) is 13.8. The van der Waals surface area contributed by atoms with Crippen LogP contribution in [-0.4, -0.2) is 29.9 Å². The monoisotopic (exact) mass is 260 g/mol. The van der Waals surface area contributed by atoms with Crippen molar-refractivity contribution in [2.24, 2.45) is 5.73 Å². The van der Waals surface area contributed by atoms with Crippen molar-refractivity contribution in [3.63, 3.8) is 0 Å². The zero-order valence-electron chi connectivity index (χ0n) is 10.8. The highest BCUT2D eigenvalue weighted by Gasteiger charge is 2.32. The topological polar surface area (TPSA) is 72.6 Å². The average molecular weight is 260 g/mol. The molecule has 100 valence electrons. The first-order valence-electron chi connectivity index (χ1n) is 6.12. The summed E-state index contributed by atoms with van der Waals surface area (Å²) in [5, 5.41) is 0. The summed E-state index contributed by atoms with van der Waals surface area (Å²) in [6.45, 7) is 2.62. The normalized spacial score (nSPS) is 15.0. The molecule has 1 aliphatic rings. The van der Waals surface area contributed by atoms with Gasteiger partial charge in [0.25, 0.3) is 5.91 Å². The summed E-state index contributed by atoms with van der Waals surface area (Å²) in [6, 6.07) is 9.56. The van der Waals surface area contributed by atoms with Gasteiger partial charge in [-0.15, -0.1) is 0 Å². The van der Waals surface area contributed by atoms with E-state index in [9.17, 15) is 9.59 Å². The number of carbonyl (C=O) groups excluding carboxylic acids is 2. The Labute approximate surface area is 111 Å². The van der Waals surface area contributed by atoms with Gasteiger partial charge in [-0.1, -0.05) is 30.3 Å². The van der Waals surface area contributed by atoms with Crippen LogP contribution in [0.2, 0.25) is 0 Å². The van der Waals surface area contributed by atoms with Crippen LogP contribution in [0.4, 0.5) is 0 Å². The van der Waals surface area contributed by atoms with Crippen molar-refractivity contribution in [3.8, 4) is 0 Å². The van der Waals surface area contributed by atoms with Crippen LogP contribution in [0.5, 0.6) is 0 Å². The molecule has 0 spiro atoms. The van der Waals surface area contributed by atoms with Crippen molar-refractivity contribution in [3.05, 3.63) is 47.2 Å². The lowest BCUT2D eigenvalue weighted by molar-refractivity contribution is -0.138. The lowest BCUT2D eigenvalue weighted by atomic mass is 10.2. The number of esters is 1. The molecule has 0 saturated heterocycles. The molecule has 2 N–H and O–H groups in total. The Hall–Kier alpha value is -2.30. The number of benzene rings is 1. The van der Waals surface area contributed by atoms with Gasteiger partial charge in [-0.2, -0.15) is 0 Å². The van der Waals surface area contributed by atoms with Gasteiger partial charge in [-0.25, -0.2) is 4.79 Å². The molecular formula is C14H16N2O3. The molecule has 0 bridgehead atoms. The molecule has 1 amide bonds. The third kappa shape index (κ3) is 2.76. The van der Waals surface area contributed by atoms with Crippen molar-refractivity contribution in [1.82, 2.24) is 4.90 Å². The fourth-order valence-corrected chi connectivity index (χ4v) is 1.97. The van der Waals surface area contributed by atoms with Gasteiger partial charge in [0.15, 0.2) is 0 Å². The van der Waals surface area contributed by atoms with Gasteiger partial charge in [0.05, 0.1) is 18.7 Å². The van der Waals surface area contributed by atoms with Crippen molar-refractivity contribution in [2.45, 2.75) is 13.5 Å². The molecule has 2 rings (SSSR count). The van der Waals surface area contributed by atoms with Crippen LogP contribution >= 0.6 is 0 Å². The molecule has 0 radical (unpaired) electrons. The molecule has 1 aromatic carbocycles. The van der Waals surface area contributed by atoms with Crippen LogP contribution in [-0.2, 0) is 20.9 Å². The van der Waals surface area contributed by atoms with Crippen LogP contribution in [0.15, 0.2) is 41.6 Å². The Kier molecular flexibility index (Phi) is 3.85. The van der Waals surface area contributed by atoms with Gasteiger partial charge in [0, 0.05) is 6.54 Å². The fraction of sp³-hybridized carbons (Fsp3) is 0.286. The first-order valence-corrected chi connectivity index (χ1v) is 6.12. The molecule has 5 nitrogen and oxygen atoms in total. The molecular weight excluding hydrogens is 244 g/mol. The third-order valence-corrected chi connectivity index (χ3v) is 2.93. The van der Waals surface area contributed by atoms with E-state index in [0.29, 0.717) is 6.54 Å². The number of ether oxygens (including phenoxy) is 1. The molecule has 1 heterocycles. The molecule has 19 heavy (non-hydrogen) atoms. The Bertz CT molecular complexity index is 523. The highest BCUT2D eigenvalue weighted by Crippen LogP contribution is 2.19. The predicted octanol–water partition coefficient (Wildman–Crippen LogP) is 0.805. The maximum Gasteiger partial charge on any atom is 0.338 e. The van der Waals surface area contributed by atoms with Gasteiger partial charge < -0.3 is 15.4 Å². The van der Waals surface area contributed by atoms with Gasteiger partial charge in [0.2, 0.25) is 0 Å². The predicted molar refractivity (Wildman–Crippen MR) is 69.7 cm³/mol. The van der Waals surface area contributed by atoms with Crippen molar-refractivity contribution in [2.75, 3.05) is 13.2 Å². The van der Waals surface area contributed by atoms with Crippen LogP contribution in [0.3, 0.4) is 0 Å².